The average Bonchev–Trinajstić information content (AvgIpc) is 3.10. The fraction of sp³-hybridized carbons (Fsp3) is 0.393. The Morgan fingerprint density at radius 2 is 1.82 bits per heavy atom. The number of ether oxygens (including phenoxy) is 1. The number of fused-ring (bicyclic) bond motifs is 1. The number of piperidine rings is 1. The lowest BCUT2D eigenvalue weighted by Gasteiger charge is -2.38. The maximum Gasteiger partial charge on any atom is 0.123 e. The van der Waals surface area contributed by atoms with Crippen molar-refractivity contribution in [3.05, 3.63) is 95.3 Å². The molecule has 5 nitrogen and oxygen atoms in total. The average molecular weight is 444 g/mol. The molecule has 3 heterocycles. The Bertz CT molecular complexity index is 1020. The number of nitrogens with zero attached hydrogens (tertiary/aromatic N) is 3. The van der Waals surface area contributed by atoms with E-state index in [-0.39, 0.29) is 0 Å². The van der Waals surface area contributed by atoms with E-state index >= 15 is 0 Å². The van der Waals surface area contributed by atoms with Gasteiger partial charge in [-0.3, -0.25) is 9.88 Å². The third kappa shape index (κ3) is 5.44. The molecule has 1 N–H and O–H groups in total. The number of hydrogen-bond acceptors (Lipinski definition) is 5. The van der Waals surface area contributed by atoms with Crippen molar-refractivity contribution < 1.29 is 9.84 Å². The Morgan fingerprint density at radius 1 is 0.970 bits per heavy atom. The first-order chi connectivity index (χ1) is 16.3. The molecular weight excluding hydrogens is 410 g/mol. The highest BCUT2D eigenvalue weighted by molar-refractivity contribution is 5.41. The van der Waals surface area contributed by atoms with Gasteiger partial charge in [0.2, 0.25) is 0 Å². The normalized spacial score (nSPS) is 18.8. The zero-order chi connectivity index (χ0) is 22.5. The molecule has 0 radical (unpaired) electrons. The minimum Gasteiger partial charge on any atom is -0.492 e. The predicted octanol–water partition coefficient (Wildman–Crippen LogP) is 4.06. The molecule has 0 spiro atoms. The minimum absolute atomic E-state index is 0.583. The maximum atomic E-state index is 10.8. The fourth-order valence-corrected chi connectivity index (χ4v) is 5.09. The van der Waals surface area contributed by atoms with E-state index < -0.39 is 6.10 Å². The third-order valence-corrected chi connectivity index (χ3v) is 7.04. The molecule has 1 aromatic heterocycles. The van der Waals surface area contributed by atoms with Crippen LogP contribution in [0.3, 0.4) is 0 Å². The van der Waals surface area contributed by atoms with Crippen LogP contribution >= 0.6 is 0 Å². The van der Waals surface area contributed by atoms with Crippen molar-refractivity contribution >= 4 is 0 Å². The van der Waals surface area contributed by atoms with Gasteiger partial charge >= 0.3 is 0 Å². The lowest BCUT2D eigenvalue weighted by atomic mass is 9.98. The molecule has 0 aliphatic carbocycles. The summed E-state index contributed by atoms with van der Waals surface area (Å²) >= 11 is 0. The van der Waals surface area contributed by atoms with Crippen LogP contribution in [0.15, 0.2) is 73.1 Å². The zero-order valence-corrected chi connectivity index (χ0v) is 19.1. The highest BCUT2D eigenvalue weighted by Gasteiger charge is 2.27. The first-order valence-corrected chi connectivity index (χ1v) is 12.1. The van der Waals surface area contributed by atoms with E-state index in [9.17, 15) is 5.11 Å². The third-order valence-electron chi connectivity index (χ3n) is 7.04. The van der Waals surface area contributed by atoms with Crippen molar-refractivity contribution in [3.63, 3.8) is 0 Å². The van der Waals surface area contributed by atoms with Gasteiger partial charge in [-0.25, -0.2) is 0 Å². The van der Waals surface area contributed by atoms with Crippen LogP contribution in [0.25, 0.3) is 0 Å². The molecule has 172 valence electrons. The SMILES string of the molecule is OC(c1cccnc1)c1ccc2c(c1)CN(C1CCN(CCc3ccccc3)CC1)CCO2. The number of aromatic nitrogens is 1. The molecule has 5 rings (SSSR count). The molecule has 5 heteroatoms. The summed E-state index contributed by atoms with van der Waals surface area (Å²) in [6, 6.07) is 21.2. The molecule has 2 aliphatic rings. The van der Waals surface area contributed by atoms with E-state index in [4.69, 9.17) is 4.74 Å². The lowest BCUT2D eigenvalue weighted by Crippen LogP contribution is -2.45. The lowest BCUT2D eigenvalue weighted by molar-refractivity contribution is 0.0974. The van der Waals surface area contributed by atoms with Gasteiger partial charge in [-0.05, 0) is 61.7 Å². The first kappa shape index (κ1) is 22.1. The summed E-state index contributed by atoms with van der Waals surface area (Å²) in [6.45, 7) is 5.98. The monoisotopic (exact) mass is 443 g/mol. The van der Waals surface area contributed by atoms with E-state index in [2.05, 4.69) is 51.2 Å². The van der Waals surface area contributed by atoms with Crippen LogP contribution in [-0.4, -0.2) is 58.7 Å². The molecule has 0 saturated carbocycles. The Kier molecular flexibility index (Phi) is 7.01. The highest BCUT2D eigenvalue weighted by Crippen LogP contribution is 2.31. The fourth-order valence-electron chi connectivity index (χ4n) is 5.09. The Hall–Kier alpha value is -2.73. The molecule has 1 fully saturated rings. The molecule has 2 aromatic carbocycles. The second-order valence-electron chi connectivity index (χ2n) is 9.18. The van der Waals surface area contributed by atoms with Crippen LogP contribution in [-0.2, 0) is 13.0 Å². The number of pyridine rings is 1. The van der Waals surface area contributed by atoms with E-state index in [0.717, 1.165) is 56.0 Å². The van der Waals surface area contributed by atoms with Crippen LogP contribution in [0.2, 0.25) is 0 Å². The summed E-state index contributed by atoms with van der Waals surface area (Å²) in [7, 11) is 0. The minimum atomic E-state index is -0.673. The molecule has 0 amide bonds. The molecule has 2 aliphatic heterocycles. The van der Waals surface area contributed by atoms with Crippen molar-refractivity contribution in [2.75, 3.05) is 32.8 Å². The van der Waals surface area contributed by atoms with Gasteiger partial charge in [0.15, 0.2) is 0 Å². The van der Waals surface area contributed by atoms with Crippen molar-refractivity contribution in [2.45, 2.75) is 38.0 Å². The summed E-state index contributed by atoms with van der Waals surface area (Å²) in [6.07, 6.45) is 6.30. The van der Waals surface area contributed by atoms with Crippen LogP contribution in [0.4, 0.5) is 0 Å². The van der Waals surface area contributed by atoms with Crippen molar-refractivity contribution in [1.29, 1.82) is 0 Å². The summed E-state index contributed by atoms with van der Waals surface area (Å²) in [5.41, 5.74) is 4.29. The summed E-state index contributed by atoms with van der Waals surface area (Å²) in [4.78, 5) is 9.34. The molecule has 1 atom stereocenters. The molecule has 3 aromatic rings. The summed E-state index contributed by atoms with van der Waals surface area (Å²) in [5, 5.41) is 10.8. The van der Waals surface area contributed by atoms with Gasteiger partial charge in [0.25, 0.3) is 0 Å². The number of rotatable bonds is 6. The van der Waals surface area contributed by atoms with Crippen LogP contribution in [0.5, 0.6) is 5.75 Å². The standard InChI is InChI=1S/C28H33N3O2/c32-28(24-7-4-13-29-20-24)23-8-9-27-25(19-23)21-31(17-18-33-27)26-11-15-30(16-12-26)14-10-22-5-2-1-3-6-22/h1-9,13,19-20,26,28,32H,10-12,14-18,21H2. The smallest absolute Gasteiger partial charge is 0.123 e. The van der Waals surface area contributed by atoms with Gasteiger partial charge in [-0.15, -0.1) is 0 Å². The van der Waals surface area contributed by atoms with Gasteiger partial charge < -0.3 is 14.7 Å². The number of likely N-dealkylation sites (tertiary alicyclic amines) is 1. The number of hydrogen-bond donors (Lipinski definition) is 1. The molecule has 1 saturated heterocycles. The van der Waals surface area contributed by atoms with Gasteiger partial charge in [0.1, 0.15) is 18.5 Å². The van der Waals surface area contributed by atoms with Crippen LogP contribution in [0, 0.1) is 0 Å². The van der Waals surface area contributed by atoms with Gasteiger partial charge in [-0.2, -0.15) is 0 Å². The molecule has 1 unspecified atom stereocenters. The highest BCUT2D eigenvalue weighted by atomic mass is 16.5. The quantitative estimate of drug-likeness (QED) is 0.623. The van der Waals surface area contributed by atoms with Gasteiger partial charge in [-0.1, -0.05) is 42.5 Å². The van der Waals surface area contributed by atoms with Crippen LogP contribution in [0.1, 0.15) is 41.2 Å². The van der Waals surface area contributed by atoms with Crippen molar-refractivity contribution in [3.8, 4) is 5.75 Å². The topological polar surface area (TPSA) is 48.8 Å². The van der Waals surface area contributed by atoms with Crippen molar-refractivity contribution in [1.82, 2.24) is 14.8 Å². The first-order valence-electron chi connectivity index (χ1n) is 12.1. The molecule has 33 heavy (non-hydrogen) atoms. The largest absolute Gasteiger partial charge is 0.492 e. The van der Waals surface area contributed by atoms with Gasteiger partial charge in [0.05, 0.1) is 0 Å². The Labute approximate surface area is 196 Å². The summed E-state index contributed by atoms with van der Waals surface area (Å²) in [5.74, 6) is 0.944. The molecular formula is C28H33N3O2. The Morgan fingerprint density at radius 3 is 2.61 bits per heavy atom. The Balaban J connectivity index is 1.20. The van der Waals surface area contributed by atoms with Crippen molar-refractivity contribution in [2.24, 2.45) is 0 Å². The second-order valence-corrected chi connectivity index (χ2v) is 9.18. The van der Waals surface area contributed by atoms with Gasteiger partial charge in [0, 0.05) is 49.2 Å². The van der Waals surface area contributed by atoms with E-state index in [1.54, 1.807) is 12.4 Å². The van der Waals surface area contributed by atoms with E-state index in [1.807, 2.05) is 24.3 Å². The molecule has 0 bridgehead atoms. The second kappa shape index (κ2) is 10.5. The number of aliphatic hydroxyl groups is 1. The predicted molar refractivity (Wildman–Crippen MR) is 130 cm³/mol. The number of benzene rings is 2. The summed E-state index contributed by atoms with van der Waals surface area (Å²) < 4.78 is 6.07. The van der Waals surface area contributed by atoms with E-state index in [1.165, 1.54) is 24.0 Å². The van der Waals surface area contributed by atoms with E-state index in [0.29, 0.717) is 12.6 Å². The zero-order valence-electron chi connectivity index (χ0n) is 19.1. The maximum absolute atomic E-state index is 10.8. The number of aliphatic hydroxyl groups excluding tert-OH is 1. The van der Waals surface area contributed by atoms with Crippen LogP contribution < -0.4 is 4.74 Å².